The molecular weight excluding hydrogens is 326 g/mol. The number of aromatic nitrogens is 5. The van der Waals surface area contributed by atoms with Crippen LogP contribution in [0.5, 0.6) is 0 Å². The Bertz CT molecular complexity index is 1180. The fourth-order valence-corrected chi connectivity index (χ4v) is 4.20. The molecule has 0 spiro atoms. The zero-order chi connectivity index (χ0) is 17.8. The average molecular weight is 345 g/mol. The summed E-state index contributed by atoms with van der Waals surface area (Å²) in [6.45, 7) is 3.59. The van der Waals surface area contributed by atoms with Crippen LogP contribution < -0.4 is 0 Å². The van der Waals surface area contributed by atoms with Gasteiger partial charge in [0.25, 0.3) is 0 Å². The summed E-state index contributed by atoms with van der Waals surface area (Å²) < 4.78 is 0. The molecule has 0 amide bonds. The fraction of sp³-hybridized carbons (Fsp3) is 0.300. The molecule has 0 saturated carbocycles. The molecule has 4 aromatic rings. The number of Topliss-reactive ketones (excluding diaryl/α,β-unsaturated/α-hetero) is 1. The number of carbonyl (C=O) groups is 1. The van der Waals surface area contributed by atoms with E-state index in [1.165, 1.54) is 11.1 Å². The quantitative estimate of drug-likeness (QED) is 0.540. The Hall–Kier alpha value is -3.02. The van der Waals surface area contributed by atoms with E-state index in [-0.39, 0.29) is 5.78 Å². The van der Waals surface area contributed by atoms with Gasteiger partial charge in [0, 0.05) is 29.0 Å². The first-order valence-corrected chi connectivity index (χ1v) is 8.99. The summed E-state index contributed by atoms with van der Waals surface area (Å²) in [5, 5.41) is 16.5. The van der Waals surface area contributed by atoms with Gasteiger partial charge in [-0.25, -0.2) is 4.98 Å². The van der Waals surface area contributed by atoms with E-state index < -0.39 is 0 Å². The lowest BCUT2D eigenvalue weighted by molar-refractivity contribution is 0.101. The fourth-order valence-electron chi connectivity index (χ4n) is 4.20. The van der Waals surface area contributed by atoms with Crippen LogP contribution in [0.3, 0.4) is 0 Å². The van der Waals surface area contributed by atoms with Crippen molar-refractivity contribution >= 4 is 27.6 Å². The van der Waals surface area contributed by atoms with Crippen molar-refractivity contribution < 1.29 is 4.79 Å². The maximum Gasteiger partial charge on any atom is 0.180 e. The number of hydrogen-bond acceptors (Lipinski definition) is 4. The number of H-pyrrole nitrogens is 2. The topological polar surface area (TPSA) is 87.3 Å². The second-order valence-electron chi connectivity index (χ2n) is 7.04. The molecule has 26 heavy (non-hydrogen) atoms. The lowest BCUT2D eigenvalue weighted by Crippen LogP contribution is -2.08. The standard InChI is InChI=1S/C20H19N5O/c1-10-14(9-21-23-10)20-13-6-4-3-5-12(13)17-15(22-20)7-8-16-18(17)19(11(2)26)25-24-16/h7-9H,3-6H2,1-2H3,(H,21,23)(H,24,25). The van der Waals surface area contributed by atoms with Crippen LogP contribution in [0.15, 0.2) is 18.3 Å². The van der Waals surface area contributed by atoms with Gasteiger partial charge in [-0.1, -0.05) is 0 Å². The molecule has 5 rings (SSSR count). The number of nitrogens with one attached hydrogen (secondary N) is 2. The van der Waals surface area contributed by atoms with Crippen molar-refractivity contribution in [2.45, 2.75) is 39.5 Å². The predicted octanol–water partition coefficient (Wildman–Crippen LogP) is 3.89. The second kappa shape index (κ2) is 5.49. The van der Waals surface area contributed by atoms with Crippen molar-refractivity contribution in [2.75, 3.05) is 0 Å². The molecule has 0 saturated heterocycles. The van der Waals surface area contributed by atoms with Gasteiger partial charge in [0.05, 0.1) is 22.9 Å². The van der Waals surface area contributed by atoms with E-state index in [1.54, 1.807) is 6.92 Å². The van der Waals surface area contributed by atoms with E-state index in [2.05, 4.69) is 20.4 Å². The average Bonchev–Trinajstić information content (AvgIpc) is 3.26. The van der Waals surface area contributed by atoms with Gasteiger partial charge in [0.1, 0.15) is 5.69 Å². The monoisotopic (exact) mass is 345 g/mol. The van der Waals surface area contributed by atoms with Crippen molar-refractivity contribution in [3.05, 3.63) is 40.8 Å². The number of aryl methyl sites for hydroxylation is 2. The maximum absolute atomic E-state index is 12.1. The zero-order valence-electron chi connectivity index (χ0n) is 14.8. The molecule has 0 bridgehead atoms. The van der Waals surface area contributed by atoms with Crippen LogP contribution in [0.25, 0.3) is 33.1 Å². The molecule has 0 aliphatic heterocycles. The number of rotatable bonds is 2. The van der Waals surface area contributed by atoms with Crippen LogP contribution in [0.2, 0.25) is 0 Å². The SMILES string of the molecule is CC(=O)c1n[nH]c2ccc3nc(-c4cn[nH]c4C)c4c(c3c12)CCCC4. The molecular formula is C20H19N5O. The van der Waals surface area contributed by atoms with Gasteiger partial charge in [-0.3, -0.25) is 15.0 Å². The third kappa shape index (κ3) is 2.05. The summed E-state index contributed by atoms with van der Waals surface area (Å²) in [5.74, 6) is -0.0249. The molecule has 3 aromatic heterocycles. The van der Waals surface area contributed by atoms with Gasteiger partial charge in [-0.2, -0.15) is 10.2 Å². The second-order valence-corrected chi connectivity index (χ2v) is 7.04. The molecule has 130 valence electrons. The molecule has 1 aliphatic rings. The van der Waals surface area contributed by atoms with Crippen molar-refractivity contribution in [2.24, 2.45) is 0 Å². The van der Waals surface area contributed by atoms with Crippen LogP contribution >= 0.6 is 0 Å². The molecule has 0 fully saturated rings. The van der Waals surface area contributed by atoms with Gasteiger partial charge in [-0.15, -0.1) is 0 Å². The van der Waals surface area contributed by atoms with Gasteiger partial charge >= 0.3 is 0 Å². The van der Waals surface area contributed by atoms with E-state index in [9.17, 15) is 4.79 Å². The van der Waals surface area contributed by atoms with E-state index in [0.717, 1.165) is 64.4 Å². The van der Waals surface area contributed by atoms with Crippen LogP contribution in [0, 0.1) is 6.92 Å². The van der Waals surface area contributed by atoms with Crippen molar-refractivity contribution in [1.29, 1.82) is 0 Å². The van der Waals surface area contributed by atoms with Gasteiger partial charge in [0.2, 0.25) is 0 Å². The highest BCUT2D eigenvalue weighted by Gasteiger charge is 2.24. The number of nitrogens with zero attached hydrogens (tertiary/aromatic N) is 3. The Morgan fingerprint density at radius 3 is 2.62 bits per heavy atom. The van der Waals surface area contributed by atoms with E-state index in [4.69, 9.17) is 4.98 Å². The highest BCUT2D eigenvalue weighted by atomic mass is 16.1. The van der Waals surface area contributed by atoms with Crippen LogP contribution in [-0.2, 0) is 12.8 Å². The van der Waals surface area contributed by atoms with Gasteiger partial charge in [0.15, 0.2) is 5.78 Å². The summed E-state index contributed by atoms with van der Waals surface area (Å²) >= 11 is 0. The number of ketones is 1. The van der Waals surface area contributed by atoms with Crippen molar-refractivity contribution in [1.82, 2.24) is 25.4 Å². The molecule has 6 nitrogen and oxygen atoms in total. The molecule has 2 N–H and O–H groups in total. The molecule has 0 atom stereocenters. The van der Waals surface area contributed by atoms with Crippen molar-refractivity contribution in [3.63, 3.8) is 0 Å². The lowest BCUT2D eigenvalue weighted by atomic mass is 9.85. The van der Waals surface area contributed by atoms with E-state index in [1.807, 2.05) is 25.3 Å². The number of benzene rings is 1. The molecule has 0 unspecified atom stereocenters. The zero-order valence-corrected chi connectivity index (χ0v) is 14.8. The highest BCUT2D eigenvalue weighted by Crippen LogP contribution is 2.39. The Kier molecular flexibility index (Phi) is 3.22. The Balaban J connectivity index is 1.95. The minimum atomic E-state index is -0.0249. The number of fused-ring (bicyclic) bond motifs is 5. The van der Waals surface area contributed by atoms with Crippen molar-refractivity contribution in [3.8, 4) is 11.3 Å². The highest BCUT2D eigenvalue weighted by molar-refractivity contribution is 6.17. The number of hydrogen-bond donors (Lipinski definition) is 2. The summed E-state index contributed by atoms with van der Waals surface area (Å²) in [6.07, 6.45) is 6.17. The third-order valence-electron chi connectivity index (χ3n) is 5.41. The Morgan fingerprint density at radius 1 is 1.08 bits per heavy atom. The lowest BCUT2D eigenvalue weighted by Gasteiger charge is -2.21. The minimum absolute atomic E-state index is 0.0249. The minimum Gasteiger partial charge on any atom is -0.293 e. The Labute approximate surface area is 150 Å². The predicted molar refractivity (Wildman–Crippen MR) is 100 cm³/mol. The van der Waals surface area contributed by atoms with Crippen LogP contribution in [0.4, 0.5) is 0 Å². The number of aromatic amines is 2. The van der Waals surface area contributed by atoms with Gasteiger partial charge in [-0.05, 0) is 55.9 Å². The molecule has 3 heterocycles. The first-order valence-electron chi connectivity index (χ1n) is 8.99. The summed E-state index contributed by atoms with van der Waals surface area (Å²) in [4.78, 5) is 17.1. The van der Waals surface area contributed by atoms with Crippen LogP contribution in [-0.4, -0.2) is 31.2 Å². The normalized spacial score (nSPS) is 14.1. The molecule has 1 aliphatic carbocycles. The molecule has 1 aromatic carbocycles. The summed E-state index contributed by atoms with van der Waals surface area (Å²) in [5.41, 5.74) is 8.02. The largest absolute Gasteiger partial charge is 0.293 e. The molecule has 0 radical (unpaired) electrons. The summed E-state index contributed by atoms with van der Waals surface area (Å²) in [6, 6.07) is 3.99. The Morgan fingerprint density at radius 2 is 1.88 bits per heavy atom. The van der Waals surface area contributed by atoms with E-state index in [0.29, 0.717) is 5.69 Å². The van der Waals surface area contributed by atoms with Crippen LogP contribution in [0.1, 0.15) is 47.1 Å². The number of carbonyl (C=O) groups excluding carboxylic acids is 1. The van der Waals surface area contributed by atoms with E-state index >= 15 is 0 Å². The summed E-state index contributed by atoms with van der Waals surface area (Å²) in [7, 11) is 0. The third-order valence-corrected chi connectivity index (χ3v) is 5.41. The smallest absolute Gasteiger partial charge is 0.180 e. The molecule has 6 heteroatoms. The first-order chi connectivity index (χ1) is 12.6. The number of pyridine rings is 1. The first kappa shape index (κ1) is 15.3. The van der Waals surface area contributed by atoms with Gasteiger partial charge < -0.3 is 0 Å². The maximum atomic E-state index is 12.1.